The fourth-order valence-electron chi connectivity index (χ4n) is 3.35. The van der Waals surface area contributed by atoms with Gasteiger partial charge >= 0.3 is 0 Å². The van der Waals surface area contributed by atoms with E-state index in [9.17, 15) is 4.79 Å². The second-order valence-electron chi connectivity index (χ2n) is 6.38. The maximum atomic E-state index is 12.6. The van der Waals surface area contributed by atoms with E-state index in [-0.39, 0.29) is 10.8 Å². The molecule has 1 aliphatic rings. The molecule has 1 aromatic carbocycles. The number of nitrogens with one attached hydrogen (secondary N) is 1. The zero-order valence-electron chi connectivity index (χ0n) is 16.8. The van der Waals surface area contributed by atoms with Gasteiger partial charge in [-0.05, 0) is 52.4 Å². The number of hydrogen-bond acceptors (Lipinski definition) is 4. The monoisotopic (exact) mass is 444 g/mol. The van der Waals surface area contributed by atoms with Crippen LogP contribution in [0.2, 0.25) is 10.0 Å². The molecule has 0 saturated carbocycles. The molecule has 28 heavy (non-hydrogen) atoms. The molecule has 1 atom stereocenters. The van der Waals surface area contributed by atoms with E-state index in [0.717, 1.165) is 18.7 Å². The maximum Gasteiger partial charge on any atom is 0.173 e. The van der Waals surface area contributed by atoms with Crippen LogP contribution >= 0.6 is 35.4 Å². The predicted molar refractivity (Wildman–Crippen MR) is 118 cm³/mol. The van der Waals surface area contributed by atoms with Crippen LogP contribution < -0.4 is 14.8 Å². The fourth-order valence-corrected chi connectivity index (χ4v) is 4.33. The Kier molecular flexibility index (Phi) is 7.98. The van der Waals surface area contributed by atoms with E-state index in [1.165, 1.54) is 0 Å². The first-order valence-electron chi connectivity index (χ1n) is 9.35. The molecule has 0 aromatic heterocycles. The molecule has 154 valence electrons. The van der Waals surface area contributed by atoms with E-state index in [0.29, 0.717) is 46.0 Å². The van der Waals surface area contributed by atoms with Gasteiger partial charge in [0.15, 0.2) is 16.6 Å². The van der Waals surface area contributed by atoms with Gasteiger partial charge in [-0.3, -0.25) is 4.79 Å². The number of nitrogens with zero attached hydrogens (tertiary/aromatic N) is 1. The van der Waals surface area contributed by atoms with E-state index in [2.05, 4.69) is 12.2 Å². The molecule has 1 N–H and O–H groups in total. The van der Waals surface area contributed by atoms with Crippen molar-refractivity contribution in [3.8, 4) is 11.5 Å². The Morgan fingerprint density at radius 3 is 2.36 bits per heavy atom. The van der Waals surface area contributed by atoms with Gasteiger partial charge in [-0.2, -0.15) is 0 Å². The van der Waals surface area contributed by atoms with Crippen LogP contribution in [0.5, 0.6) is 11.5 Å². The summed E-state index contributed by atoms with van der Waals surface area (Å²) in [6.07, 6.45) is 0.903. The molecule has 5 nitrogen and oxygen atoms in total. The minimum absolute atomic E-state index is 0.0535. The molecule has 0 spiro atoms. The van der Waals surface area contributed by atoms with Gasteiger partial charge in [0.1, 0.15) is 10.8 Å². The molecular formula is C20H26Cl2N2O3S. The van der Waals surface area contributed by atoms with Crippen molar-refractivity contribution in [3.63, 3.8) is 0 Å². The highest BCUT2D eigenvalue weighted by Gasteiger charge is 2.35. The van der Waals surface area contributed by atoms with E-state index < -0.39 is 6.04 Å². The Morgan fingerprint density at radius 1 is 1.21 bits per heavy atom. The molecule has 1 aliphatic heterocycles. The van der Waals surface area contributed by atoms with Crippen molar-refractivity contribution in [2.24, 2.45) is 0 Å². The summed E-state index contributed by atoms with van der Waals surface area (Å²) in [7, 11) is 0. The first kappa shape index (κ1) is 22.8. The zero-order valence-corrected chi connectivity index (χ0v) is 19.1. The van der Waals surface area contributed by atoms with Crippen LogP contribution in [-0.4, -0.2) is 35.6 Å². The van der Waals surface area contributed by atoms with Gasteiger partial charge in [-0.25, -0.2) is 0 Å². The molecule has 1 unspecified atom stereocenters. The van der Waals surface area contributed by atoms with Crippen LogP contribution in [-0.2, 0) is 4.79 Å². The van der Waals surface area contributed by atoms with E-state index in [1.807, 2.05) is 25.7 Å². The van der Waals surface area contributed by atoms with Gasteiger partial charge in [-0.1, -0.05) is 30.1 Å². The number of ether oxygens (including phenoxy) is 2. The minimum atomic E-state index is -0.509. The second-order valence-corrected chi connectivity index (χ2v) is 7.55. The lowest BCUT2D eigenvalue weighted by molar-refractivity contribution is -0.114. The Labute approximate surface area is 182 Å². The summed E-state index contributed by atoms with van der Waals surface area (Å²) in [5, 5.41) is 4.47. The fraction of sp³-hybridized carbons (Fsp3) is 0.500. The van der Waals surface area contributed by atoms with Crippen LogP contribution in [0, 0.1) is 0 Å². The molecule has 0 bridgehead atoms. The van der Waals surface area contributed by atoms with Crippen molar-refractivity contribution in [2.45, 2.75) is 47.1 Å². The molecule has 1 aromatic rings. The maximum absolute atomic E-state index is 12.6. The number of Topliss-reactive ketones (excluding diaryl/α,β-unsaturated/α-hetero) is 1. The third kappa shape index (κ3) is 4.39. The summed E-state index contributed by atoms with van der Waals surface area (Å²) in [4.78, 5) is 14.5. The van der Waals surface area contributed by atoms with Crippen molar-refractivity contribution >= 4 is 46.3 Å². The molecular weight excluding hydrogens is 419 g/mol. The second kappa shape index (κ2) is 9.81. The third-order valence-corrected chi connectivity index (χ3v) is 5.43. The summed E-state index contributed by atoms with van der Waals surface area (Å²) in [5.74, 6) is 0.754. The Balaban J connectivity index is 2.71. The minimum Gasteiger partial charge on any atom is -0.492 e. The topological polar surface area (TPSA) is 50.8 Å². The number of carbonyl (C=O) groups is 1. The van der Waals surface area contributed by atoms with Crippen LogP contribution in [0.25, 0.3) is 0 Å². The van der Waals surface area contributed by atoms with Gasteiger partial charge in [0.25, 0.3) is 0 Å². The summed E-state index contributed by atoms with van der Waals surface area (Å²) in [5.41, 5.74) is 2.09. The van der Waals surface area contributed by atoms with Gasteiger partial charge in [0.2, 0.25) is 0 Å². The molecule has 8 heteroatoms. The van der Waals surface area contributed by atoms with Crippen molar-refractivity contribution in [1.29, 1.82) is 0 Å². The quantitative estimate of drug-likeness (QED) is 0.549. The van der Waals surface area contributed by atoms with Crippen LogP contribution in [0.15, 0.2) is 17.3 Å². The Bertz CT molecular complexity index is 811. The molecule has 0 radical (unpaired) electrons. The van der Waals surface area contributed by atoms with Crippen molar-refractivity contribution in [2.75, 3.05) is 19.8 Å². The number of hydrogen-bond donors (Lipinski definition) is 1. The highest BCUT2D eigenvalue weighted by atomic mass is 35.5. The normalized spacial score (nSPS) is 16.9. The van der Waals surface area contributed by atoms with Gasteiger partial charge in [0, 0.05) is 23.4 Å². The standard InChI is InChI=1S/C20H26Cl2N2O3S/c1-6-9-24-11(4)15(12(5)25)17(23-20(24)28)13-10-14(21)19(27-8-3)16(22)18(13)26-7-2/h10,17H,6-9H2,1-5H3,(H,23,28). The van der Waals surface area contributed by atoms with Gasteiger partial charge in [-0.15, -0.1) is 0 Å². The highest BCUT2D eigenvalue weighted by molar-refractivity contribution is 7.80. The molecule has 2 rings (SSSR count). The van der Waals surface area contributed by atoms with Gasteiger partial charge < -0.3 is 19.7 Å². The molecule has 0 fully saturated rings. The zero-order chi connectivity index (χ0) is 21.0. The lowest BCUT2D eigenvalue weighted by Crippen LogP contribution is -2.47. The summed E-state index contributed by atoms with van der Waals surface area (Å²) < 4.78 is 11.4. The lowest BCUT2D eigenvalue weighted by Gasteiger charge is -2.38. The van der Waals surface area contributed by atoms with E-state index in [1.54, 1.807) is 13.0 Å². The average molecular weight is 445 g/mol. The van der Waals surface area contributed by atoms with E-state index >= 15 is 0 Å². The molecule has 0 aliphatic carbocycles. The Hall–Kier alpha value is -1.50. The predicted octanol–water partition coefficient (Wildman–Crippen LogP) is 5.30. The van der Waals surface area contributed by atoms with Gasteiger partial charge in [0.05, 0.1) is 24.3 Å². The molecule has 0 saturated heterocycles. The number of halogens is 2. The van der Waals surface area contributed by atoms with Crippen LogP contribution in [0.3, 0.4) is 0 Å². The smallest absolute Gasteiger partial charge is 0.173 e. The number of thiocarbonyl (C=S) groups is 1. The first-order chi connectivity index (χ1) is 13.3. The number of ketones is 1. The number of rotatable bonds is 8. The SMILES string of the molecule is CCCN1C(=S)NC(c2cc(Cl)c(OCC)c(Cl)c2OCC)C(C(C)=O)=C1C. The highest BCUT2D eigenvalue weighted by Crippen LogP contribution is 2.47. The van der Waals surface area contributed by atoms with Crippen molar-refractivity contribution < 1.29 is 14.3 Å². The molecule has 0 amide bonds. The van der Waals surface area contributed by atoms with Crippen LogP contribution in [0.1, 0.15) is 52.6 Å². The molecule has 1 heterocycles. The van der Waals surface area contributed by atoms with Crippen molar-refractivity contribution in [1.82, 2.24) is 10.2 Å². The largest absolute Gasteiger partial charge is 0.492 e. The first-order valence-corrected chi connectivity index (χ1v) is 10.5. The van der Waals surface area contributed by atoms with Crippen molar-refractivity contribution in [3.05, 3.63) is 32.9 Å². The summed E-state index contributed by atoms with van der Waals surface area (Å²) in [6.45, 7) is 10.8. The summed E-state index contributed by atoms with van der Waals surface area (Å²) in [6, 6.07) is 1.22. The third-order valence-electron chi connectivity index (χ3n) is 4.47. The number of allylic oxidation sites excluding steroid dienone is 1. The van der Waals surface area contributed by atoms with Crippen LogP contribution in [0.4, 0.5) is 0 Å². The Morgan fingerprint density at radius 2 is 1.82 bits per heavy atom. The number of carbonyl (C=O) groups excluding carboxylic acids is 1. The average Bonchev–Trinajstić information content (AvgIpc) is 2.63. The lowest BCUT2D eigenvalue weighted by atomic mass is 9.91. The van der Waals surface area contributed by atoms with E-state index in [4.69, 9.17) is 44.9 Å². The summed E-state index contributed by atoms with van der Waals surface area (Å²) >= 11 is 18.6. The number of benzene rings is 1.